The zero-order valence-corrected chi connectivity index (χ0v) is 9.33. The van der Waals surface area contributed by atoms with E-state index >= 15 is 0 Å². The summed E-state index contributed by atoms with van der Waals surface area (Å²) in [5, 5.41) is 9.34. The Morgan fingerprint density at radius 2 is 1.79 bits per heavy atom. The van der Waals surface area contributed by atoms with Crippen LogP contribution >= 0.6 is 35.6 Å². The van der Waals surface area contributed by atoms with Crippen LogP contribution in [0.15, 0.2) is 12.1 Å². The second kappa shape index (κ2) is 5.61. The Bertz CT molecular complexity index is 298. The summed E-state index contributed by atoms with van der Waals surface area (Å²) in [4.78, 5) is 0. The Morgan fingerprint density at radius 1 is 1.36 bits per heavy atom. The molecule has 1 aromatic rings. The lowest BCUT2D eigenvalue weighted by Crippen LogP contribution is -2.11. The molecule has 80 valence electrons. The molecule has 14 heavy (non-hydrogen) atoms. The summed E-state index contributed by atoms with van der Waals surface area (Å²) in [6.07, 6.45) is 0. The number of phenols is 1. The van der Waals surface area contributed by atoms with Crippen molar-refractivity contribution < 1.29 is 9.50 Å². The highest BCUT2D eigenvalue weighted by molar-refractivity contribution is 6.37. The molecule has 0 aliphatic rings. The maximum absolute atomic E-state index is 12.2. The lowest BCUT2D eigenvalue weighted by molar-refractivity contribution is 0.436. The predicted octanol–water partition coefficient (Wildman–Crippen LogP) is 3.09. The van der Waals surface area contributed by atoms with Gasteiger partial charge in [-0.1, -0.05) is 23.2 Å². The van der Waals surface area contributed by atoms with Crippen LogP contribution < -0.4 is 5.73 Å². The average Bonchev–Trinajstić information content (AvgIpc) is 2.12. The first-order valence-electron chi connectivity index (χ1n) is 3.55. The second-order valence-electron chi connectivity index (χ2n) is 2.59. The Morgan fingerprint density at radius 3 is 2.14 bits per heavy atom. The van der Waals surface area contributed by atoms with Crippen molar-refractivity contribution in [2.45, 2.75) is 6.04 Å². The number of halogens is 4. The van der Waals surface area contributed by atoms with Crippen LogP contribution in [0.2, 0.25) is 10.0 Å². The third-order valence-electron chi connectivity index (χ3n) is 1.63. The number of hydrogen-bond donors (Lipinski definition) is 2. The van der Waals surface area contributed by atoms with Crippen LogP contribution in [-0.2, 0) is 0 Å². The van der Waals surface area contributed by atoms with E-state index in [0.29, 0.717) is 5.56 Å². The van der Waals surface area contributed by atoms with Crippen molar-refractivity contribution in [1.82, 2.24) is 0 Å². The van der Waals surface area contributed by atoms with Gasteiger partial charge in [0.1, 0.15) is 6.67 Å². The highest BCUT2D eigenvalue weighted by Crippen LogP contribution is 2.34. The Kier molecular flexibility index (Phi) is 5.52. The summed E-state index contributed by atoms with van der Waals surface area (Å²) in [6, 6.07) is 2.04. The van der Waals surface area contributed by atoms with Crippen molar-refractivity contribution in [1.29, 1.82) is 0 Å². The Labute approximate surface area is 97.2 Å². The molecule has 0 unspecified atom stereocenters. The van der Waals surface area contributed by atoms with Gasteiger partial charge in [-0.15, -0.1) is 12.4 Å². The van der Waals surface area contributed by atoms with Gasteiger partial charge in [-0.05, 0) is 17.7 Å². The van der Waals surface area contributed by atoms with E-state index < -0.39 is 12.7 Å². The smallest absolute Gasteiger partial charge is 0.152 e. The summed E-state index contributed by atoms with van der Waals surface area (Å²) in [5.41, 5.74) is 5.88. The van der Waals surface area contributed by atoms with E-state index in [-0.39, 0.29) is 28.2 Å². The van der Waals surface area contributed by atoms with E-state index in [9.17, 15) is 9.50 Å². The minimum atomic E-state index is -0.754. The first-order valence-corrected chi connectivity index (χ1v) is 4.31. The largest absolute Gasteiger partial charge is 0.505 e. The molecule has 0 saturated carbocycles. The number of benzene rings is 1. The van der Waals surface area contributed by atoms with Crippen molar-refractivity contribution in [3.05, 3.63) is 27.7 Å². The predicted molar refractivity (Wildman–Crippen MR) is 58.3 cm³/mol. The zero-order chi connectivity index (χ0) is 10.0. The summed E-state index contributed by atoms with van der Waals surface area (Å²) in [7, 11) is 0. The number of phenolic OH excluding ortho intramolecular Hbond substituents is 1. The molecule has 0 fully saturated rings. The van der Waals surface area contributed by atoms with Gasteiger partial charge in [-0.25, -0.2) is 4.39 Å². The Balaban J connectivity index is 0.00000169. The molecule has 0 spiro atoms. The molecule has 6 heteroatoms. The fourth-order valence-corrected chi connectivity index (χ4v) is 1.39. The standard InChI is InChI=1S/C8H8Cl2FNO.ClH/c9-5-1-4(7(12)3-11)2-6(10)8(5)13;/h1-2,7,13H,3,12H2;1H/t7-;/m1./s1. The molecule has 1 rings (SSSR count). The molecule has 3 N–H and O–H groups in total. The first kappa shape index (κ1) is 13.8. The van der Waals surface area contributed by atoms with Gasteiger partial charge < -0.3 is 10.8 Å². The molecule has 0 aliphatic carbocycles. The van der Waals surface area contributed by atoms with Crippen LogP contribution in [0.4, 0.5) is 4.39 Å². The molecule has 1 atom stereocenters. The highest BCUT2D eigenvalue weighted by atomic mass is 35.5. The second-order valence-corrected chi connectivity index (χ2v) is 3.41. The molecule has 0 saturated heterocycles. The van der Waals surface area contributed by atoms with Gasteiger partial charge in [0.25, 0.3) is 0 Å². The third kappa shape index (κ3) is 2.89. The molecule has 2 nitrogen and oxygen atoms in total. The maximum atomic E-state index is 12.2. The minimum absolute atomic E-state index is 0. The molecule has 0 radical (unpaired) electrons. The normalized spacial score (nSPS) is 12.0. The van der Waals surface area contributed by atoms with Crippen molar-refractivity contribution in [2.75, 3.05) is 6.67 Å². The van der Waals surface area contributed by atoms with Crippen LogP contribution in [0.1, 0.15) is 11.6 Å². The number of alkyl halides is 1. The lowest BCUT2D eigenvalue weighted by atomic mass is 10.1. The fourth-order valence-electron chi connectivity index (χ4n) is 0.888. The van der Waals surface area contributed by atoms with Gasteiger partial charge in [0.15, 0.2) is 5.75 Å². The van der Waals surface area contributed by atoms with Gasteiger partial charge in [0, 0.05) is 0 Å². The molecule has 0 aliphatic heterocycles. The summed E-state index contributed by atoms with van der Waals surface area (Å²) in [5.74, 6) is -0.210. The van der Waals surface area contributed by atoms with Crippen LogP contribution in [-0.4, -0.2) is 11.8 Å². The van der Waals surface area contributed by atoms with Crippen LogP contribution in [0.25, 0.3) is 0 Å². The van der Waals surface area contributed by atoms with E-state index in [1.165, 1.54) is 12.1 Å². The number of nitrogens with two attached hydrogens (primary N) is 1. The molecule has 0 bridgehead atoms. The van der Waals surface area contributed by atoms with E-state index in [4.69, 9.17) is 28.9 Å². The lowest BCUT2D eigenvalue weighted by Gasteiger charge is -2.09. The monoisotopic (exact) mass is 259 g/mol. The topological polar surface area (TPSA) is 46.2 Å². The quantitative estimate of drug-likeness (QED) is 0.858. The van der Waals surface area contributed by atoms with E-state index in [2.05, 4.69) is 0 Å². The maximum Gasteiger partial charge on any atom is 0.152 e. The van der Waals surface area contributed by atoms with Gasteiger partial charge in [-0.3, -0.25) is 0 Å². The Hall–Kier alpha value is -0.220. The average molecular weight is 261 g/mol. The van der Waals surface area contributed by atoms with Crippen LogP contribution in [0.5, 0.6) is 5.75 Å². The van der Waals surface area contributed by atoms with Gasteiger partial charge >= 0.3 is 0 Å². The van der Waals surface area contributed by atoms with E-state index in [0.717, 1.165) is 0 Å². The SMILES string of the molecule is Cl.N[C@H](CF)c1cc(Cl)c(O)c(Cl)c1. The van der Waals surface area contributed by atoms with Crippen molar-refractivity contribution >= 4 is 35.6 Å². The van der Waals surface area contributed by atoms with Gasteiger partial charge in [0.05, 0.1) is 16.1 Å². The first-order chi connectivity index (χ1) is 6.06. The van der Waals surface area contributed by atoms with Crippen molar-refractivity contribution in [3.8, 4) is 5.75 Å². The van der Waals surface area contributed by atoms with Crippen molar-refractivity contribution in [3.63, 3.8) is 0 Å². The fraction of sp³-hybridized carbons (Fsp3) is 0.250. The molecule has 1 aromatic carbocycles. The van der Waals surface area contributed by atoms with E-state index in [1.807, 2.05) is 0 Å². The minimum Gasteiger partial charge on any atom is -0.505 e. The van der Waals surface area contributed by atoms with E-state index in [1.54, 1.807) is 0 Å². The van der Waals surface area contributed by atoms with Gasteiger partial charge in [0.2, 0.25) is 0 Å². The van der Waals surface area contributed by atoms with Crippen LogP contribution in [0, 0.1) is 0 Å². The molecule has 0 heterocycles. The number of aromatic hydroxyl groups is 1. The van der Waals surface area contributed by atoms with Gasteiger partial charge in [-0.2, -0.15) is 0 Å². The third-order valence-corrected chi connectivity index (χ3v) is 2.21. The zero-order valence-electron chi connectivity index (χ0n) is 7.01. The summed E-state index contributed by atoms with van der Waals surface area (Å²) >= 11 is 11.2. The molecular weight excluding hydrogens is 251 g/mol. The van der Waals surface area contributed by atoms with Crippen LogP contribution in [0.3, 0.4) is 0 Å². The number of hydrogen-bond acceptors (Lipinski definition) is 2. The molecule has 0 amide bonds. The molecular formula is C8H9Cl3FNO. The van der Waals surface area contributed by atoms with Crippen molar-refractivity contribution in [2.24, 2.45) is 5.73 Å². The summed E-state index contributed by atoms with van der Waals surface area (Å²) in [6.45, 7) is -0.697. The highest BCUT2D eigenvalue weighted by Gasteiger charge is 2.11. The molecule has 0 aromatic heterocycles. The summed E-state index contributed by atoms with van der Waals surface area (Å²) < 4.78 is 12.2. The number of rotatable bonds is 2.